The van der Waals surface area contributed by atoms with E-state index in [1.807, 2.05) is 0 Å². The van der Waals surface area contributed by atoms with E-state index in [9.17, 15) is 9.59 Å². The largest absolute Gasteiger partial charge is 0.474 e. The lowest BCUT2D eigenvalue weighted by molar-refractivity contribution is -0.305. The summed E-state index contributed by atoms with van der Waals surface area (Å²) in [4.78, 5) is 20.1. The minimum absolute atomic E-state index is 0.601. The van der Waals surface area contributed by atoms with Crippen LogP contribution in [0.4, 0.5) is 0 Å². The van der Waals surface area contributed by atoms with Crippen molar-refractivity contribution in [2.75, 3.05) is 0 Å². The van der Waals surface area contributed by atoms with Crippen molar-refractivity contribution in [1.29, 1.82) is 0 Å². The van der Waals surface area contributed by atoms with Gasteiger partial charge in [0.1, 0.15) is 0 Å². The van der Waals surface area contributed by atoms with Gasteiger partial charge in [0.15, 0.2) is 0 Å². The Balaban J connectivity index is 4.23. The molecular weight excluding hydrogens is 156 g/mol. The predicted molar refractivity (Wildman–Crippen MR) is 31.1 cm³/mol. The minimum Gasteiger partial charge on any atom is -0.474 e. The van der Waals surface area contributed by atoms with E-state index in [4.69, 9.17) is 15.3 Å². The highest BCUT2D eigenvalue weighted by molar-refractivity contribution is 5.84. The Labute approximate surface area is 61.3 Å². The predicted octanol–water partition coefficient (Wildman–Crippen LogP) is -1.56. The average Bonchev–Trinajstić information content (AvgIpc) is 1.86. The van der Waals surface area contributed by atoms with Crippen LogP contribution < -0.4 is 0 Å². The summed E-state index contributed by atoms with van der Waals surface area (Å²) in [6.45, 7) is 2.91. The van der Waals surface area contributed by atoms with Crippen LogP contribution >= 0.6 is 0 Å². The molecule has 0 heterocycles. The third-order valence-corrected chi connectivity index (χ3v) is 0.688. The van der Waals surface area contributed by atoms with Crippen LogP contribution in [0.1, 0.15) is 0 Å². The van der Waals surface area contributed by atoms with Crippen molar-refractivity contribution in [3.63, 3.8) is 0 Å². The van der Waals surface area contributed by atoms with Gasteiger partial charge in [0.25, 0.3) is 0 Å². The molecule has 0 radical (unpaired) electrons. The van der Waals surface area contributed by atoms with Crippen molar-refractivity contribution < 1.29 is 29.6 Å². The Morgan fingerprint density at radius 1 is 1.45 bits per heavy atom. The van der Waals surface area contributed by atoms with Crippen LogP contribution in [0.3, 0.4) is 0 Å². The van der Waals surface area contributed by atoms with Gasteiger partial charge in [0, 0.05) is 6.08 Å². The van der Waals surface area contributed by atoms with Crippen molar-refractivity contribution >= 4 is 11.9 Å². The fourth-order valence-corrected chi connectivity index (χ4v) is 0.226. The lowest BCUT2D eigenvalue weighted by Gasteiger charge is -2.14. The van der Waals surface area contributed by atoms with Crippen molar-refractivity contribution in [2.24, 2.45) is 0 Å². The van der Waals surface area contributed by atoms with E-state index in [2.05, 4.69) is 11.3 Å². The van der Waals surface area contributed by atoms with E-state index in [0.29, 0.717) is 6.08 Å². The number of carbonyl (C=O) groups is 2. The molecule has 0 rings (SSSR count). The highest BCUT2D eigenvalue weighted by Crippen LogP contribution is 2.01. The first kappa shape index (κ1) is 9.60. The molecule has 0 fully saturated rings. The second-order valence-electron chi connectivity index (χ2n) is 1.54. The Hall–Kier alpha value is -1.40. The van der Waals surface area contributed by atoms with Gasteiger partial charge in [0.05, 0.1) is 0 Å². The molecule has 0 aliphatic carbocycles. The lowest BCUT2D eigenvalue weighted by Crippen LogP contribution is -2.42. The van der Waals surface area contributed by atoms with Gasteiger partial charge in [-0.1, -0.05) is 6.58 Å². The Morgan fingerprint density at radius 3 is 2.18 bits per heavy atom. The number of aliphatic hydroxyl groups is 2. The molecule has 0 aromatic carbocycles. The lowest BCUT2D eigenvalue weighted by atomic mass is 10.5. The van der Waals surface area contributed by atoms with E-state index >= 15 is 0 Å². The van der Waals surface area contributed by atoms with Gasteiger partial charge >= 0.3 is 17.9 Å². The smallest absolute Gasteiger partial charge is 0.429 e. The maximum Gasteiger partial charge on any atom is 0.429 e. The number of aliphatic carboxylic acids is 1. The van der Waals surface area contributed by atoms with Gasteiger partial charge in [-0.05, 0) is 0 Å². The number of ether oxygens (including phenoxy) is 1. The Morgan fingerprint density at radius 2 is 1.91 bits per heavy atom. The highest BCUT2D eigenvalue weighted by atomic mass is 16.8. The van der Waals surface area contributed by atoms with Crippen LogP contribution in [0.5, 0.6) is 0 Å². The minimum atomic E-state index is -3.48. The van der Waals surface area contributed by atoms with Gasteiger partial charge < -0.3 is 20.1 Å². The standard InChI is InChI=1S/C5H6O6/c1-2-3(6)11-5(9,10)4(7)8/h2,9-10H,1H2,(H,7,8). The fourth-order valence-electron chi connectivity index (χ4n) is 0.226. The molecule has 0 saturated heterocycles. The number of carbonyl (C=O) groups excluding carboxylic acids is 1. The maximum atomic E-state index is 10.2. The summed E-state index contributed by atoms with van der Waals surface area (Å²) in [5.74, 6) is -6.80. The van der Waals surface area contributed by atoms with Crippen molar-refractivity contribution in [1.82, 2.24) is 0 Å². The number of hydrogen-bond donors (Lipinski definition) is 3. The molecule has 11 heavy (non-hydrogen) atoms. The normalized spacial score (nSPS) is 10.4. The van der Waals surface area contributed by atoms with Crippen LogP contribution in [0, 0.1) is 0 Å². The van der Waals surface area contributed by atoms with Crippen molar-refractivity contribution in [2.45, 2.75) is 5.97 Å². The number of carboxylic acids is 1. The zero-order chi connectivity index (χ0) is 9.07. The molecule has 0 bridgehead atoms. The monoisotopic (exact) mass is 162 g/mol. The van der Waals surface area contributed by atoms with E-state index < -0.39 is 17.9 Å². The van der Waals surface area contributed by atoms with Crippen LogP contribution in [0.25, 0.3) is 0 Å². The molecule has 0 atom stereocenters. The third kappa shape index (κ3) is 2.78. The zero-order valence-corrected chi connectivity index (χ0v) is 5.35. The number of carboxylic acid groups (broad SMARTS) is 1. The summed E-state index contributed by atoms with van der Waals surface area (Å²) in [7, 11) is 0. The van der Waals surface area contributed by atoms with E-state index in [-0.39, 0.29) is 0 Å². The molecule has 0 aromatic heterocycles. The average molecular weight is 162 g/mol. The number of esters is 1. The Kier molecular flexibility index (Phi) is 2.73. The molecule has 0 aliphatic heterocycles. The first-order chi connectivity index (χ1) is 4.90. The molecule has 0 unspecified atom stereocenters. The number of hydrogen-bond acceptors (Lipinski definition) is 5. The summed E-state index contributed by atoms with van der Waals surface area (Å²) in [6, 6.07) is 0. The maximum absolute atomic E-state index is 10.2. The molecule has 6 heteroatoms. The van der Waals surface area contributed by atoms with Crippen molar-refractivity contribution in [3.05, 3.63) is 12.7 Å². The van der Waals surface area contributed by atoms with Crippen LogP contribution in [0.2, 0.25) is 0 Å². The van der Waals surface area contributed by atoms with E-state index in [1.54, 1.807) is 0 Å². The summed E-state index contributed by atoms with van der Waals surface area (Å²) >= 11 is 0. The summed E-state index contributed by atoms with van der Waals surface area (Å²) in [5.41, 5.74) is 0. The van der Waals surface area contributed by atoms with Gasteiger partial charge in [-0.15, -0.1) is 0 Å². The summed E-state index contributed by atoms with van der Waals surface area (Å²) in [5, 5.41) is 24.7. The third-order valence-electron chi connectivity index (χ3n) is 0.688. The quantitative estimate of drug-likeness (QED) is 0.263. The molecule has 0 saturated carbocycles. The molecule has 6 nitrogen and oxygen atoms in total. The second kappa shape index (κ2) is 3.13. The van der Waals surface area contributed by atoms with Crippen LogP contribution in [-0.4, -0.2) is 33.2 Å². The molecule has 62 valence electrons. The first-order valence-corrected chi connectivity index (χ1v) is 2.43. The molecule has 0 amide bonds. The van der Waals surface area contributed by atoms with Crippen molar-refractivity contribution in [3.8, 4) is 0 Å². The topological polar surface area (TPSA) is 104 Å². The molecule has 0 aromatic rings. The SMILES string of the molecule is C=CC(=O)OC(O)(O)C(=O)O. The zero-order valence-electron chi connectivity index (χ0n) is 5.35. The molecular formula is C5H6O6. The molecule has 3 N–H and O–H groups in total. The molecule has 0 spiro atoms. The summed E-state index contributed by atoms with van der Waals surface area (Å²) < 4.78 is 3.60. The van der Waals surface area contributed by atoms with Gasteiger partial charge in [-0.2, -0.15) is 0 Å². The number of rotatable bonds is 3. The van der Waals surface area contributed by atoms with Crippen LogP contribution in [-0.2, 0) is 14.3 Å². The van der Waals surface area contributed by atoms with Gasteiger partial charge in [0.2, 0.25) is 0 Å². The van der Waals surface area contributed by atoms with Gasteiger partial charge in [-0.3, -0.25) is 0 Å². The van der Waals surface area contributed by atoms with Crippen LogP contribution in [0.15, 0.2) is 12.7 Å². The summed E-state index contributed by atoms with van der Waals surface area (Å²) in [6.07, 6.45) is 0.601. The second-order valence-corrected chi connectivity index (χ2v) is 1.54. The Bertz CT molecular complexity index is 193. The van der Waals surface area contributed by atoms with Gasteiger partial charge in [-0.25, -0.2) is 9.59 Å². The highest BCUT2D eigenvalue weighted by Gasteiger charge is 2.37. The van der Waals surface area contributed by atoms with E-state index in [0.717, 1.165) is 0 Å². The fraction of sp³-hybridized carbons (Fsp3) is 0.200. The van der Waals surface area contributed by atoms with E-state index in [1.165, 1.54) is 0 Å². The molecule has 0 aliphatic rings. The first-order valence-electron chi connectivity index (χ1n) is 2.43.